The molecule has 3 atom stereocenters. The van der Waals surface area contributed by atoms with Gasteiger partial charge in [0.05, 0.1) is 6.04 Å². The highest BCUT2D eigenvalue weighted by atomic mass is 16.2. The summed E-state index contributed by atoms with van der Waals surface area (Å²) in [7, 11) is 0. The summed E-state index contributed by atoms with van der Waals surface area (Å²) in [5.74, 6) is 0.927. The third kappa shape index (κ3) is 5.26. The average Bonchev–Trinajstić information content (AvgIpc) is 2.53. The van der Waals surface area contributed by atoms with Crippen LogP contribution in [0.3, 0.4) is 0 Å². The van der Waals surface area contributed by atoms with Gasteiger partial charge in [-0.2, -0.15) is 0 Å². The van der Waals surface area contributed by atoms with E-state index < -0.39 is 0 Å². The zero-order chi connectivity index (χ0) is 15.1. The Kier molecular flexibility index (Phi) is 6.97. The number of likely N-dealkylation sites (tertiary alicyclic amines) is 1. The number of carbonyl (C=O) groups excluding carboxylic acids is 1. The first-order valence-electron chi connectivity index (χ1n) is 8.95. The van der Waals surface area contributed by atoms with Gasteiger partial charge < -0.3 is 15.5 Å². The standard InChI is InChI=1S/C17H33N3O/c1-3-15-8-10-18-16(13-15)17(21)19-9-6-12-20-11-5-4-7-14(20)2/h14-16,18H,3-13H2,1-2H3,(H,19,21). The zero-order valence-corrected chi connectivity index (χ0v) is 13.9. The van der Waals surface area contributed by atoms with E-state index in [0.29, 0.717) is 0 Å². The molecule has 3 unspecified atom stereocenters. The lowest BCUT2D eigenvalue weighted by Gasteiger charge is -2.33. The molecule has 2 aliphatic rings. The molecule has 4 heteroatoms. The van der Waals surface area contributed by atoms with Gasteiger partial charge in [-0.15, -0.1) is 0 Å². The average molecular weight is 295 g/mol. The molecule has 4 nitrogen and oxygen atoms in total. The second-order valence-electron chi connectivity index (χ2n) is 6.83. The first-order valence-corrected chi connectivity index (χ1v) is 8.95. The molecule has 2 saturated heterocycles. The summed E-state index contributed by atoms with van der Waals surface area (Å²) in [6.07, 6.45) is 8.52. The lowest BCUT2D eigenvalue weighted by Crippen LogP contribution is -2.49. The summed E-state index contributed by atoms with van der Waals surface area (Å²) >= 11 is 0. The van der Waals surface area contributed by atoms with Crippen LogP contribution in [0, 0.1) is 5.92 Å². The van der Waals surface area contributed by atoms with Crippen molar-refractivity contribution in [3.63, 3.8) is 0 Å². The van der Waals surface area contributed by atoms with E-state index in [2.05, 4.69) is 29.4 Å². The number of nitrogens with zero attached hydrogens (tertiary/aromatic N) is 1. The van der Waals surface area contributed by atoms with Gasteiger partial charge in [0.2, 0.25) is 5.91 Å². The van der Waals surface area contributed by atoms with Crippen LogP contribution >= 0.6 is 0 Å². The third-order valence-electron chi connectivity index (χ3n) is 5.27. The summed E-state index contributed by atoms with van der Waals surface area (Å²) in [5, 5.41) is 6.48. The van der Waals surface area contributed by atoms with Gasteiger partial charge in [-0.1, -0.05) is 19.8 Å². The Morgan fingerprint density at radius 3 is 2.95 bits per heavy atom. The van der Waals surface area contributed by atoms with Gasteiger partial charge in [-0.25, -0.2) is 0 Å². The van der Waals surface area contributed by atoms with Crippen LogP contribution in [-0.4, -0.2) is 49.1 Å². The van der Waals surface area contributed by atoms with Crippen LogP contribution in [0.2, 0.25) is 0 Å². The Morgan fingerprint density at radius 1 is 1.33 bits per heavy atom. The number of amides is 1. The number of hydrogen-bond donors (Lipinski definition) is 2. The maximum atomic E-state index is 12.2. The van der Waals surface area contributed by atoms with Crippen LogP contribution in [0.1, 0.15) is 58.8 Å². The van der Waals surface area contributed by atoms with Crippen molar-refractivity contribution in [3.05, 3.63) is 0 Å². The van der Waals surface area contributed by atoms with Crippen molar-refractivity contribution in [3.8, 4) is 0 Å². The maximum Gasteiger partial charge on any atom is 0.237 e. The molecule has 0 aromatic carbocycles. The summed E-state index contributed by atoms with van der Waals surface area (Å²) in [4.78, 5) is 14.8. The van der Waals surface area contributed by atoms with Crippen LogP contribution in [0.4, 0.5) is 0 Å². The number of nitrogens with one attached hydrogen (secondary N) is 2. The highest BCUT2D eigenvalue weighted by Gasteiger charge is 2.25. The Balaban J connectivity index is 1.60. The van der Waals surface area contributed by atoms with Crippen molar-refractivity contribution in [1.82, 2.24) is 15.5 Å². The van der Waals surface area contributed by atoms with Gasteiger partial charge in [0.15, 0.2) is 0 Å². The molecular weight excluding hydrogens is 262 g/mol. The van der Waals surface area contributed by atoms with E-state index in [1.807, 2.05) is 0 Å². The number of hydrogen-bond acceptors (Lipinski definition) is 3. The molecule has 2 N–H and O–H groups in total. The van der Waals surface area contributed by atoms with Gasteiger partial charge in [0.1, 0.15) is 0 Å². The van der Waals surface area contributed by atoms with Gasteiger partial charge in [-0.3, -0.25) is 4.79 Å². The summed E-state index contributed by atoms with van der Waals surface area (Å²) < 4.78 is 0. The molecule has 0 aromatic heterocycles. The van der Waals surface area contributed by atoms with Crippen LogP contribution < -0.4 is 10.6 Å². The second-order valence-corrected chi connectivity index (χ2v) is 6.83. The molecule has 0 aliphatic carbocycles. The highest BCUT2D eigenvalue weighted by molar-refractivity contribution is 5.81. The van der Waals surface area contributed by atoms with Gasteiger partial charge in [-0.05, 0) is 58.0 Å². The van der Waals surface area contributed by atoms with Crippen molar-refractivity contribution in [2.24, 2.45) is 5.92 Å². The minimum atomic E-state index is 0.0395. The Hall–Kier alpha value is -0.610. The van der Waals surface area contributed by atoms with Crippen molar-refractivity contribution >= 4 is 5.91 Å². The van der Waals surface area contributed by atoms with Crippen molar-refractivity contribution in [1.29, 1.82) is 0 Å². The van der Waals surface area contributed by atoms with Crippen LogP contribution in [0.25, 0.3) is 0 Å². The van der Waals surface area contributed by atoms with Crippen molar-refractivity contribution < 1.29 is 4.79 Å². The van der Waals surface area contributed by atoms with E-state index in [0.717, 1.165) is 44.4 Å². The predicted octanol–water partition coefficient (Wildman–Crippen LogP) is 2.15. The molecule has 2 fully saturated rings. The number of rotatable bonds is 6. The number of piperidine rings is 2. The van der Waals surface area contributed by atoms with Crippen LogP contribution in [0.5, 0.6) is 0 Å². The van der Waals surface area contributed by atoms with E-state index >= 15 is 0 Å². The quantitative estimate of drug-likeness (QED) is 0.738. The molecular formula is C17H33N3O. The van der Waals surface area contributed by atoms with Crippen LogP contribution in [-0.2, 0) is 4.79 Å². The fourth-order valence-corrected chi connectivity index (χ4v) is 3.67. The minimum Gasteiger partial charge on any atom is -0.355 e. The summed E-state index contributed by atoms with van der Waals surface area (Å²) in [6, 6.07) is 0.761. The molecule has 0 bridgehead atoms. The topological polar surface area (TPSA) is 44.4 Å². The van der Waals surface area contributed by atoms with Crippen molar-refractivity contribution in [2.75, 3.05) is 26.2 Å². The van der Waals surface area contributed by atoms with Crippen molar-refractivity contribution in [2.45, 2.75) is 70.9 Å². The maximum absolute atomic E-state index is 12.2. The van der Waals surface area contributed by atoms with E-state index in [1.165, 1.54) is 38.6 Å². The minimum absolute atomic E-state index is 0.0395. The van der Waals surface area contributed by atoms with Gasteiger partial charge in [0, 0.05) is 19.1 Å². The Bertz CT molecular complexity index is 321. The third-order valence-corrected chi connectivity index (χ3v) is 5.27. The first-order chi connectivity index (χ1) is 10.2. The monoisotopic (exact) mass is 295 g/mol. The number of carbonyl (C=O) groups is 1. The Labute approximate surface area is 130 Å². The summed E-state index contributed by atoms with van der Waals surface area (Å²) in [6.45, 7) is 8.72. The summed E-state index contributed by atoms with van der Waals surface area (Å²) in [5.41, 5.74) is 0. The van der Waals surface area contributed by atoms with Crippen LogP contribution in [0.15, 0.2) is 0 Å². The molecule has 0 saturated carbocycles. The molecule has 0 aromatic rings. The fourth-order valence-electron chi connectivity index (χ4n) is 3.67. The fraction of sp³-hybridized carbons (Fsp3) is 0.941. The SMILES string of the molecule is CCC1CCNC(C(=O)NCCCN2CCCCC2C)C1. The normalized spacial score (nSPS) is 31.0. The van der Waals surface area contributed by atoms with E-state index in [1.54, 1.807) is 0 Å². The van der Waals surface area contributed by atoms with Gasteiger partial charge in [0.25, 0.3) is 0 Å². The molecule has 122 valence electrons. The van der Waals surface area contributed by atoms with E-state index in [9.17, 15) is 4.79 Å². The smallest absolute Gasteiger partial charge is 0.237 e. The Morgan fingerprint density at radius 2 is 2.19 bits per heavy atom. The van der Waals surface area contributed by atoms with E-state index in [-0.39, 0.29) is 11.9 Å². The predicted molar refractivity (Wildman–Crippen MR) is 87.3 cm³/mol. The molecule has 21 heavy (non-hydrogen) atoms. The van der Waals surface area contributed by atoms with Gasteiger partial charge >= 0.3 is 0 Å². The molecule has 2 aliphatic heterocycles. The molecule has 0 spiro atoms. The second kappa shape index (κ2) is 8.74. The van der Waals surface area contributed by atoms with E-state index in [4.69, 9.17) is 0 Å². The highest BCUT2D eigenvalue weighted by Crippen LogP contribution is 2.19. The molecule has 2 heterocycles. The zero-order valence-electron chi connectivity index (χ0n) is 13.9. The molecule has 2 rings (SSSR count). The lowest BCUT2D eigenvalue weighted by atomic mass is 9.90. The first kappa shape index (κ1) is 16.8. The molecule has 0 radical (unpaired) electrons. The lowest BCUT2D eigenvalue weighted by molar-refractivity contribution is -0.124. The molecule has 1 amide bonds. The largest absolute Gasteiger partial charge is 0.355 e.